The summed E-state index contributed by atoms with van der Waals surface area (Å²) in [6, 6.07) is 0. The monoisotopic (exact) mass is 371 g/mol. The van der Waals surface area contributed by atoms with Crippen molar-refractivity contribution in [3.05, 3.63) is 0 Å². The van der Waals surface area contributed by atoms with E-state index in [2.05, 4.69) is 20.8 Å². The van der Waals surface area contributed by atoms with Crippen LogP contribution >= 0.6 is 17.0 Å². The van der Waals surface area contributed by atoms with Crippen LogP contribution in [0.15, 0.2) is 0 Å². The molecule has 14 heavy (non-hydrogen) atoms. The van der Waals surface area contributed by atoms with E-state index in [-0.39, 0.29) is 17.0 Å². The van der Waals surface area contributed by atoms with Crippen molar-refractivity contribution in [1.82, 2.24) is 0 Å². The Balaban J connectivity index is 0. The molecule has 0 aromatic heterocycles. The van der Waals surface area contributed by atoms with Gasteiger partial charge in [-0.25, -0.2) is 0 Å². The molecule has 0 saturated carbocycles. The van der Waals surface area contributed by atoms with Crippen molar-refractivity contribution in [2.24, 2.45) is 0 Å². The molecule has 0 rings (SSSR count). The maximum atomic E-state index is 2.33. The molecule has 0 unspecified atom stereocenters. The second-order valence-corrected chi connectivity index (χ2v) is 12.6. The Morgan fingerprint density at radius 1 is 0.643 bits per heavy atom. The van der Waals surface area contributed by atoms with Gasteiger partial charge in [-0.05, 0) is 0 Å². The van der Waals surface area contributed by atoms with Gasteiger partial charge in [-0.15, -0.1) is 17.0 Å². The van der Waals surface area contributed by atoms with Crippen molar-refractivity contribution in [3.63, 3.8) is 0 Å². The fourth-order valence-corrected chi connectivity index (χ4v) is 11.1. The van der Waals surface area contributed by atoms with Crippen LogP contribution in [-0.2, 0) is 0 Å². The van der Waals surface area contributed by atoms with Crippen LogP contribution in [0.1, 0.15) is 59.3 Å². The second-order valence-electron chi connectivity index (χ2n) is 4.06. The molecule has 0 aliphatic carbocycles. The van der Waals surface area contributed by atoms with Gasteiger partial charge in [0.15, 0.2) is 0 Å². The minimum absolute atomic E-state index is 0. The second kappa shape index (κ2) is 14.3. The van der Waals surface area contributed by atoms with Crippen molar-refractivity contribution in [3.8, 4) is 0 Å². The zero-order chi connectivity index (χ0) is 9.94. The molecule has 0 saturated heterocycles. The summed E-state index contributed by atoms with van der Waals surface area (Å²) in [6.45, 7) is 7.00. The zero-order valence-electron chi connectivity index (χ0n) is 10.3. The SMILES string of the molecule is Br.CCC[CH2][Sn]([CH2]CCC)[CH2]CCC. The molecular formula is C12H28BrSn. The summed E-state index contributed by atoms with van der Waals surface area (Å²) in [4.78, 5) is 0. The first-order valence-corrected chi connectivity index (χ1v) is 12.2. The standard InChI is InChI=1S/3C4H9.BrH.Sn/c3*1-3-4-2;;/h3*1,3-4H2,2H3;1H;. The molecule has 0 atom stereocenters. The first-order valence-electron chi connectivity index (χ1n) is 6.18. The molecule has 0 amide bonds. The van der Waals surface area contributed by atoms with Gasteiger partial charge in [0.2, 0.25) is 0 Å². The van der Waals surface area contributed by atoms with E-state index in [1.165, 1.54) is 38.5 Å². The van der Waals surface area contributed by atoms with Crippen molar-refractivity contribution >= 4 is 36.7 Å². The maximum absolute atomic E-state index is 2.33. The van der Waals surface area contributed by atoms with Crippen LogP contribution in [0.25, 0.3) is 0 Å². The van der Waals surface area contributed by atoms with Crippen LogP contribution in [-0.4, -0.2) is 19.8 Å². The summed E-state index contributed by atoms with van der Waals surface area (Å²) in [5.74, 6) is 0. The van der Waals surface area contributed by atoms with E-state index in [0.717, 1.165) is 0 Å². The average molecular weight is 371 g/mol. The van der Waals surface area contributed by atoms with Crippen LogP contribution in [0, 0.1) is 0 Å². The Bertz CT molecular complexity index is 77.3. The number of rotatable bonds is 9. The van der Waals surface area contributed by atoms with Crippen molar-refractivity contribution in [2.75, 3.05) is 0 Å². The topological polar surface area (TPSA) is 0 Å². The molecule has 0 heterocycles. The normalized spacial score (nSPS) is 10.3. The Morgan fingerprint density at radius 3 is 1.14 bits per heavy atom. The summed E-state index contributed by atoms with van der Waals surface area (Å²) in [6.07, 6.45) is 8.85. The minimum atomic E-state index is -0.839. The van der Waals surface area contributed by atoms with Gasteiger partial charge < -0.3 is 0 Å². The van der Waals surface area contributed by atoms with Gasteiger partial charge in [-0.3, -0.25) is 0 Å². The number of unbranched alkanes of at least 4 members (excludes halogenated alkanes) is 3. The van der Waals surface area contributed by atoms with Crippen molar-refractivity contribution in [2.45, 2.75) is 72.6 Å². The first-order chi connectivity index (χ1) is 6.35. The van der Waals surface area contributed by atoms with E-state index in [9.17, 15) is 0 Å². The third-order valence-electron chi connectivity index (χ3n) is 2.65. The molecule has 0 aromatic rings. The van der Waals surface area contributed by atoms with Gasteiger partial charge in [0.1, 0.15) is 0 Å². The van der Waals surface area contributed by atoms with Crippen molar-refractivity contribution in [1.29, 1.82) is 0 Å². The van der Waals surface area contributed by atoms with E-state index in [0.29, 0.717) is 0 Å². The molecule has 0 aromatic carbocycles. The predicted octanol–water partition coefficient (Wildman–Crippen LogP) is 5.46. The van der Waals surface area contributed by atoms with Crippen LogP contribution in [0.2, 0.25) is 13.3 Å². The predicted molar refractivity (Wildman–Crippen MR) is 75.2 cm³/mol. The molecule has 87 valence electrons. The van der Waals surface area contributed by atoms with Crippen LogP contribution in [0.3, 0.4) is 0 Å². The van der Waals surface area contributed by atoms with Gasteiger partial charge in [0.05, 0.1) is 0 Å². The molecule has 0 aliphatic heterocycles. The fraction of sp³-hybridized carbons (Fsp3) is 1.00. The van der Waals surface area contributed by atoms with Gasteiger partial charge in [-0.2, -0.15) is 0 Å². The summed E-state index contributed by atoms with van der Waals surface area (Å²) >= 11 is -0.839. The Hall–Kier alpha value is 1.28. The molecule has 0 nitrogen and oxygen atoms in total. The van der Waals surface area contributed by atoms with E-state index in [1.54, 1.807) is 13.3 Å². The van der Waals surface area contributed by atoms with E-state index >= 15 is 0 Å². The Kier molecular flexibility index (Phi) is 18.0. The van der Waals surface area contributed by atoms with Gasteiger partial charge >= 0.3 is 92.4 Å². The van der Waals surface area contributed by atoms with Crippen LogP contribution < -0.4 is 0 Å². The van der Waals surface area contributed by atoms with Gasteiger partial charge in [0, 0.05) is 0 Å². The summed E-state index contributed by atoms with van der Waals surface area (Å²) < 4.78 is 5.04. The fourth-order valence-electron chi connectivity index (χ4n) is 1.66. The van der Waals surface area contributed by atoms with Crippen LogP contribution in [0.5, 0.6) is 0 Å². The Labute approximate surface area is 109 Å². The van der Waals surface area contributed by atoms with Crippen molar-refractivity contribution < 1.29 is 0 Å². The molecule has 0 aliphatic rings. The van der Waals surface area contributed by atoms with Gasteiger partial charge in [-0.1, -0.05) is 0 Å². The van der Waals surface area contributed by atoms with E-state index in [1.807, 2.05) is 0 Å². The van der Waals surface area contributed by atoms with Crippen LogP contribution in [0.4, 0.5) is 0 Å². The average Bonchev–Trinajstić information content (AvgIpc) is 2.17. The molecule has 0 bridgehead atoms. The quantitative estimate of drug-likeness (QED) is 0.473. The molecule has 0 N–H and O–H groups in total. The number of halogens is 1. The van der Waals surface area contributed by atoms with Gasteiger partial charge in [0.25, 0.3) is 0 Å². The summed E-state index contributed by atoms with van der Waals surface area (Å²) in [7, 11) is 0. The third-order valence-corrected chi connectivity index (χ3v) is 11.7. The summed E-state index contributed by atoms with van der Waals surface area (Å²) in [5, 5.41) is 0. The summed E-state index contributed by atoms with van der Waals surface area (Å²) in [5.41, 5.74) is 0. The first kappa shape index (κ1) is 17.7. The van der Waals surface area contributed by atoms with E-state index < -0.39 is 19.8 Å². The number of hydrogen-bond donors (Lipinski definition) is 0. The Morgan fingerprint density at radius 2 is 0.929 bits per heavy atom. The molecule has 1 radical (unpaired) electrons. The molecule has 0 spiro atoms. The third kappa shape index (κ3) is 11.4. The number of hydrogen-bond acceptors (Lipinski definition) is 0. The molecular weight excluding hydrogens is 343 g/mol. The van der Waals surface area contributed by atoms with E-state index in [4.69, 9.17) is 0 Å². The molecule has 2 heteroatoms. The zero-order valence-corrected chi connectivity index (χ0v) is 14.8. The molecule has 0 fully saturated rings.